The third kappa shape index (κ3) is 3.42. The van der Waals surface area contributed by atoms with Gasteiger partial charge >= 0.3 is 0 Å². The summed E-state index contributed by atoms with van der Waals surface area (Å²) >= 11 is 1.45. The predicted octanol–water partition coefficient (Wildman–Crippen LogP) is 2.96. The summed E-state index contributed by atoms with van der Waals surface area (Å²) in [5, 5.41) is 20.6. The fraction of sp³-hybridized carbons (Fsp3) is 0.368. The van der Waals surface area contributed by atoms with Crippen LogP contribution in [0.4, 0.5) is 0 Å². The molecule has 1 N–H and O–H groups in total. The number of aromatic nitrogens is 3. The van der Waals surface area contributed by atoms with Crippen molar-refractivity contribution in [3.63, 3.8) is 0 Å². The van der Waals surface area contributed by atoms with Crippen molar-refractivity contribution in [1.82, 2.24) is 19.7 Å². The number of aryl methyl sites for hydroxylation is 2. The highest BCUT2D eigenvalue weighted by molar-refractivity contribution is 7.99. The van der Waals surface area contributed by atoms with Crippen LogP contribution in [0.1, 0.15) is 23.3 Å². The van der Waals surface area contributed by atoms with E-state index in [9.17, 15) is 5.11 Å². The van der Waals surface area contributed by atoms with Crippen LogP contribution in [0.2, 0.25) is 0 Å². The Morgan fingerprint density at radius 2 is 2.12 bits per heavy atom. The molecule has 0 aliphatic carbocycles. The summed E-state index contributed by atoms with van der Waals surface area (Å²) in [5.74, 6) is 0.892. The van der Waals surface area contributed by atoms with Gasteiger partial charge in [-0.3, -0.25) is 4.90 Å². The predicted molar refractivity (Wildman–Crippen MR) is 98.8 cm³/mol. The third-order valence-corrected chi connectivity index (χ3v) is 5.82. The number of benzene rings is 1. The Bertz CT molecular complexity index is 906. The van der Waals surface area contributed by atoms with Gasteiger partial charge in [0.05, 0.1) is 6.54 Å². The van der Waals surface area contributed by atoms with Gasteiger partial charge in [0.2, 0.25) is 0 Å². The van der Waals surface area contributed by atoms with Crippen LogP contribution in [0.25, 0.3) is 0 Å². The lowest BCUT2D eigenvalue weighted by Crippen LogP contribution is -2.31. The number of likely N-dealkylation sites (tertiary alicyclic amines) is 1. The first-order valence-electron chi connectivity index (χ1n) is 8.65. The van der Waals surface area contributed by atoms with Crippen molar-refractivity contribution in [1.29, 1.82) is 0 Å². The quantitative estimate of drug-likeness (QED) is 0.745. The van der Waals surface area contributed by atoms with Gasteiger partial charge in [0.1, 0.15) is 17.7 Å². The largest absolute Gasteiger partial charge is 0.453 e. The molecule has 4 rings (SSSR count). The van der Waals surface area contributed by atoms with E-state index in [2.05, 4.69) is 28.1 Å². The zero-order valence-electron chi connectivity index (χ0n) is 14.9. The summed E-state index contributed by atoms with van der Waals surface area (Å²) in [7, 11) is 1.91. The van der Waals surface area contributed by atoms with Crippen LogP contribution in [-0.2, 0) is 19.2 Å². The molecule has 3 heterocycles. The van der Waals surface area contributed by atoms with E-state index in [-0.39, 0.29) is 0 Å². The number of aliphatic hydroxyl groups is 1. The second kappa shape index (κ2) is 6.90. The van der Waals surface area contributed by atoms with Gasteiger partial charge in [-0.2, -0.15) is 0 Å². The maximum atomic E-state index is 11.1. The van der Waals surface area contributed by atoms with Gasteiger partial charge in [-0.15, -0.1) is 10.2 Å². The zero-order valence-corrected chi connectivity index (χ0v) is 15.7. The van der Waals surface area contributed by atoms with Crippen LogP contribution in [0.15, 0.2) is 57.4 Å². The van der Waals surface area contributed by atoms with Gasteiger partial charge in [0, 0.05) is 20.1 Å². The van der Waals surface area contributed by atoms with Crippen molar-refractivity contribution >= 4 is 11.8 Å². The average Bonchev–Trinajstić information content (AvgIpc) is 3.32. The molecular formula is C19H22N4O2S. The molecule has 0 radical (unpaired) electrons. The summed E-state index contributed by atoms with van der Waals surface area (Å²) in [4.78, 5) is 2.24. The third-order valence-electron chi connectivity index (χ3n) is 4.85. The van der Waals surface area contributed by atoms with E-state index in [1.165, 1.54) is 11.8 Å². The standard InChI is InChI=1S/C19H22N4O2S/c1-14-5-3-4-6-16(14)19(24)9-10-23(12-19)11-15-7-8-17(25-15)26-18-21-20-13-22(18)2/h3-8,13,24H,9-12H2,1-2H3/t19-/m1/s1. The van der Waals surface area contributed by atoms with Gasteiger partial charge in [0.15, 0.2) is 10.2 Å². The molecule has 2 aromatic heterocycles. The van der Waals surface area contributed by atoms with E-state index in [1.807, 2.05) is 41.9 Å². The van der Waals surface area contributed by atoms with Crippen LogP contribution >= 0.6 is 11.8 Å². The summed E-state index contributed by atoms with van der Waals surface area (Å²) in [5.41, 5.74) is 1.38. The molecule has 0 saturated carbocycles. The molecule has 1 atom stereocenters. The van der Waals surface area contributed by atoms with Gasteiger partial charge in [-0.05, 0) is 48.4 Å². The molecular weight excluding hydrogens is 348 g/mol. The minimum Gasteiger partial charge on any atom is -0.453 e. The van der Waals surface area contributed by atoms with Crippen LogP contribution in [0.5, 0.6) is 0 Å². The van der Waals surface area contributed by atoms with Gasteiger partial charge in [-0.25, -0.2) is 0 Å². The van der Waals surface area contributed by atoms with E-state index >= 15 is 0 Å². The first-order valence-corrected chi connectivity index (χ1v) is 9.46. The summed E-state index contributed by atoms with van der Waals surface area (Å²) < 4.78 is 7.79. The number of rotatable bonds is 5. The van der Waals surface area contributed by atoms with E-state index in [4.69, 9.17) is 4.42 Å². The summed E-state index contributed by atoms with van der Waals surface area (Å²) in [6, 6.07) is 12.0. The van der Waals surface area contributed by atoms with Gasteiger partial charge in [0.25, 0.3) is 0 Å². The van der Waals surface area contributed by atoms with E-state index < -0.39 is 5.60 Å². The lowest BCUT2D eigenvalue weighted by Gasteiger charge is -2.25. The average molecular weight is 370 g/mol. The van der Waals surface area contributed by atoms with Crippen LogP contribution in [0, 0.1) is 6.92 Å². The van der Waals surface area contributed by atoms with Crippen LogP contribution < -0.4 is 0 Å². The molecule has 3 aromatic rings. The summed E-state index contributed by atoms with van der Waals surface area (Å²) in [6.07, 6.45) is 2.40. The van der Waals surface area contributed by atoms with Gasteiger partial charge < -0.3 is 14.1 Å². The molecule has 0 bridgehead atoms. The SMILES string of the molecule is Cc1ccccc1[C@@]1(O)CCN(Cc2ccc(Sc3nncn3C)o2)C1. The van der Waals surface area contributed by atoms with E-state index in [1.54, 1.807) is 6.33 Å². The van der Waals surface area contributed by atoms with Crippen molar-refractivity contribution in [3.05, 3.63) is 59.6 Å². The second-order valence-electron chi connectivity index (χ2n) is 6.85. The number of β-amino-alcohol motifs (C(OH)–C–C–N with tert-alkyl or cyclic N) is 1. The van der Waals surface area contributed by atoms with Crippen molar-refractivity contribution in [2.75, 3.05) is 13.1 Å². The molecule has 136 valence electrons. The number of furan rings is 1. The fourth-order valence-electron chi connectivity index (χ4n) is 3.49. The van der Waals surface area contributed by atoms with Crippen molar-refractivity contribution < 1.29 is 9.52 Å². The Hall–Kier alpha value is -2.09. The smallest absolute Gasteiger partial charge is 0.198 e. The Morgan fingerprint density at radius 3 is 2.88 bits per heavy atom. The van der Waals surface area contributed by atoms with Crippen molar-refractivity contribution in [2.24, 2.45) is 7.05 Å². The first kappa shape index (κ1) is 17.3. The van der Waals surface area contributed by atoms with Crippen LogP contribution in [0.3, 0.4) is 0 Å². The Balaban J connectivity index is 1.41. The van der Waals surface area contributed by atoms with E-state index in [0.29, 0.717) is 13.1 Å². The minimum atomic E-state index is -0.784. The second-order valence-corrected chi connectivity index (χ2v) is 7.83. The molecule has 0 amide bonds. The molecule has 1 aliphatic rings. The van der Waals surface area contributed by atoms with Crippen molar-refractivity contribution in [2.45, 2.75) is 35.7 Å². The lowest BCUT2D eigenvalue weighted by atomic mass is 9.89. The lowest BCUT2D eigenvalue weighted by molar-refractivity contribution is 0.0438. The first-order chi connectivity index (χ1) is 12.5. The van der Waals surface area contributed by atoms with Crippen LogP contribution in [-0.4, -0.2) is 37.9 Å². The Labute approximate surface area is 156 Å². The highest BCUT2D eigenvalue weighted by Gasteiger charge is 2.38. The summed E-state index contributed by atoms with van der Waals surface area (Å²) in [6.45, 7) is 4.20. The molecule has 0 spiro atoms. The molecule has 7 heteroatoms. The normalized spacial score (nSPS) is 20.7. The fourth-order valence-corrected chi connectivity index (χ4v) is 4.24. The highest BCUT2D eigenvalue weighted by Crippen LogP contribution is 2.35. The molecule has 1 aromatic carbocycles. The molecule has 6 nitrogen and oxygen atoms in total. The number of hydrogen-bond acceptors (Lipinski definition) is 6. The topological polar surface area (TPSA) is 67.3 Å². The minimum absolute atomic E-state index is 0.615. The molecule has 1 fully saturated rings. The molecule has 26 heavy (non-hydrogen) atoms. The Morgan fingerprint density at radius 1 is 1.27 bits per heavy atom. The van der Waals surface area contributed by atoms with E-state index in [0.717, 1.165) is 40.1 Å². The Kier molecular flexibility index (Phi) is 4.60. The zero-order chi connectivity index (χ0) is 18.1. The maximum absolute atomic E-state index is 11.1. The number of nitrogens with zero attached hydrogens (tertiary/aromatic N) is 4. The number of hydrogen-bond donors (Lipinski definition) is 1. The van der Waals surface area contributed by atoms with Gasteiger partial charge in [-0.1, -0.05) is 24.3 Å². The van der Waals surface area contributed by atoms with Crippen molar-refractivity contribution in [3.8, 4) is 0 Å². The highest BCUT2D eigenvalue weighted by atomic mass is 32.2. The molecule has 1 aliphatic heterocycles. The molecule has 1 saturated heterocycles. The monoisotopic (exact) mass is 370 g/mol. The maximum Gasteiger partial charge on any atom is 0.198 e. The molecule has 0 unspecified atom stereocenters.